The molecule has 1 aromatic heterocycles. The standard InChI is InChI=1S/C30H25N3O5S2/c1-3-36-21-11-9-20(10-12-21)33-29(35)27(40-30(33)39)15-23-18(2)32(24-7-5-4-6-22(23)24)16-28(34)31-19-8-13-25-26(14-19)38-17-37-25/h4-15H,3,16-17H2,1-2H3,(H,31,34)/b27-15-. The molecule has 0 bridgehead atoms. The Hall–Kier alpha value is -4.28. The van der Waals surface area contributed by atoms with E-state index < -0.39 is 0 Å². The number of rotatable bonds is 7. The Morgan fingerprint density at radius 1 is 1.10 bits per heavy atom. The molecule has 0 aliphatic carbocycles. The van der Waals surface area contributed by atoms with Crippen molar-refractivity contribution in [2.75, 3.05) is 23.6 Å². The van der Waals surface area contributed by atoms with E-state index in [9.17, 15) is 9.59 Å². The van der Waals surface area contributed by atoms with E-state index >= 15 is 0 Å². The van der Waals surface area contributed by atoms with Crippen LogP contribution in [0.15, 0.2) is 71.6 Å². The van der Waals surface area contributed by atoms with Gasteiger partial charge in [-0.1, -0.05) is 42.2 Å². The molecule has 2 aliphatic rings. The fourth-order valence-electron chi connectivity index (χ4n) is 4.84. The minimum absolute atomic E-state index is 0.0990. The highest BCUT2D eigenvalue weighted by Gasteiger charge is 2.34. The number of thioether (sulfide) groups is 1. The number of nitrogens with zero attached hydrogens (tertiary/aromatic N) is 2. The summed E-state index contributed by atoms with van der Waals surface area (Å²) in [5.41, 5.74) is 3.95. The van der Waals surface area contributed by atoms with Gasteiger partial charge in [-0.15, -0.1) is 0 Å². The molecule has 40 heavy (non-hydrogen) atoms. The fourth-order valence-corrected chi connectivity index (χ4v) is 6.12. The highest BCUT2D eigenvalue weighted by molar-refractivity contribution is 8.27. The molecule has 4 aromatic rings. The summed E-state index contributed by atoms with van der Waals surface area (Å²) in [5, 5.41) is 3.89. The second-order valence-electron chi connectivity index (χ2n) is 9.16. The molecule has 0 spiro atoms. The number of amides is 2. The quantitative estimate of drug-likeness (QED) is 0.211. The lowest BCUT2D eigenvalue weighted by Gasteiger charge is -2.15. The van der Waals surface area contributed by atoms with Gasteiger partial charge in [-0.3, -0.25) is 14.5 Å². The topological polar surface area (TPSA) is 82.0 Å². The zero-order valence-corrected chi connectivity index (χ0v) is 23.4. The third-order valence-electron chi connectivity index (χ3n) is 6.71. The first-order chi connectivity index (χ1) is 19.4. The van der Waals surface area contributed by atoms with Gasteiger partial charge in [0.25, 0.3) is 5.91 Å². The van der Waals surface area contributed by atoms with Crippen molar-refractivity contribution in [3.8, 4) is 17.2 Å². The van der Waals surface area contributed by atoms with Crippen LogP contribution in [0.5, 0.6) is 17.2 Å². The molecular formula is C30H25N3O5S2. The van der Waals surface area contributed by atoms with Crippen LogP contribution in [0.2, 0.25) is 0 Å². The zero-order valence-electron chi connectivity index (χ0n) is 21.8. The van der Waals surface area contributed by atoms with Crippen LogP contribution < -0.4 is 24.4 Å². The van der Waals surface area contributed by atoms with Crippen LogP contribution in [0, 0.1) is 6.92 Å². The molecule has 202 valence electrons. The molecule has 0 radical (unpaired) electrons. The van der Waals surface area contributed by atoms with Gasteiger partial charge in [0.2, 0.25) is 12.7 Å². The number of hydrogen-bond donors (Lipinski definition) is 1. The van der Waals surface area contributed by atoms with Crippen LogP contribution in [0.4, 0.5) is 11.4 Å². The fraction of sp³-hybridized carbons (Fsp3) is 0.167. The van der Waals surface area contributed by atoms with Crippen molar-refractivity contribution in [3.63, 3.8) is 0 Å². The van der Waals surface area contributed by atoms with Gasteiger partial charge in [0, 0.05) is 33.9 Å². The zero-order chi connectivity index (χ0) is 27.8. The predicted molar refractivity (Wildman–Crippen MR) is 161 cm³/mol. The van der Waals surface area contributed by atoms with E-state index in [0.717, 1.165) is 27.9 Å². The second kappa shape index (κ2) is 10.7. The van der Waals surface area contributed by atoms with Gasteiger partial charge < -0.3 is 24.1 Å². The third kappa shape index (κ3) is 4.80. The first-order valence-electron chi connectivity index (χ1n) is 12.7. The summed E-state index contributed by atoms with van der Waals surface area (Å²) in [6.07, 6.45) is 1.87. The highest BCUT2D eigenvalue weighted by atomic mass is 32.2. The van der Waals surface area contributed by atoms with Gasteiger partial charge in [-0.05, 0) is 62.4 Å². The number of ether oxygens (including phenoxy) is 3. The Labute approximate surface area is 240 Å². The molecule has 1 N–H and O–H groups in total. The summed E-state index contributed by atoms with van der Waals surface area (Å²) in [7, 11) is 0. The molecule has 3 aromatic carbocycles. The van der Waals surface area contributed by atoms with Crippen LogP contribution >= 0.6 is 24.0 Å². The highest BCUT2D eigenvalue weighted by Crippen LogP contribution is 2.39. The Morgan fingerprint density at radius 2 is 1.88 bits per heavy atom. The number of nitrogens with one attached hydrogen (secondary N) is 1. The predicted octanol–water partition coefficient (Wildman–Crippen LogP) is 6.12. The van der Waals surface area contributed by atoms with Crippen LogP contribution in [-0.2, 0) is 16.1 Å². The first-order valence-corrected chi connectivity index (χ1v) is 13.9. The van der Waals surface area contributed by atoms with E-state index in [1.165, 1.54) is 16.7 Å². The van der Waals surface area contributed by atoms with Crippen LogP contribution in [0.3, 0.4) is 0 Å². The summed E-state index contributed by atoms with van der Waals surface area (Å²) < 4.78 is 18.7. The third-order valence-corrected chi connectivity index (χ3v) is 8.01. The number of hydrogen-bond acceptors (Lipinski definition) is 7. The molecular weight excluding hydrogens is 546 g/mol. The molecule has 2 aliphatic heterocycles. The average molecular weight is 572 g/mol. The van der Waals surface area contributed by atoms with Gasteiger partial charge in [0.15, 0.2) is 15.8 Å². The van der Waals surface area contributed by atoms with Crippen LogP contribution in [-0.4, -0.2) is 34.1 Å². The lowest BCUT2D eigenvalue weighted by atomic mass is 10.1. The maximum atomic E-state index is 13.5. The number of aromatic nitrogens is 1. The van der Waals surface area contributed by atoms with Crippen molar-refractivity contribution in [2.45, 2.75) is 20.4 Å². The summed E-state index contributed by atoms with van der Waals surface area (Å²) in [5.74, 6) is 1.62. The lowest BCUT2D eigenvalue weighted by Crippen LogP contribution is -2.27. The summed E-state index contributed by atoms with van der Waals surface area (Å²) in [6, 6.07) is 20.5. The Bertz CT molecular complexity index is 1690. The lowest BCUT2D eigenvalue weighted by molar-refractivity contribution is -0.116. The Morgan fingerprint density at radius 3 is 2.67 bits per heavy atom. The Kier molecular flexibility index (Phi) is 6.95. The summed E-state index contributed by atoms with van der Waals surface area (Å²) in [6.45, 7) is 4.71. The number of benzene rings is 3. The van der Waals surface area contributed by atoms with Crippen molar-refractivity contribution >= 4 is 68.5 Å². The molecule has 0 saturated carbocycles. The minimum atomic E-state index is -0.184. The van der Waals surface area contributed by atoms with E-state index in [2.05, 4.69) is 5.32 Å². The summed E-state index contributed by atoms with van der Waals surface area (Å²) >= 11 is 6.85. The summed E-state index contributed by atoms with van der Waals surface area (Å²) in [4.78, 5) is 28.6. The number of carbonyl (C=O) groups is 2. The van der Waals surface area contributed by atoms with E-state index in [4.69, 9.17) is 26.4 Å². The molecule has 1 fully saturated rings. The largest absolute Gasteiger partial charge is 0.494 e. The number of fused-ring (bicyclic) bond motifs is 2. The molecule has 8 nitrogen and oxygen atoms in total. The van der Waals surface area contributed by atoms with Gasteiger partial charge in [0.05, 0.1) is 17.2 Å². The van der Waals surface area contributed by atoms with Gasteiger partial charge in [0.1, 0.15) is 12.3 Å². The number of anilines is 2. The maximum absolute atomic E-state index is 13.5. The van der Waals surface area contributed by atoms with E-state index in [1.54, 1.807) is 18.2 Å². The SMILES string of the molecule is CCOc1ccc(N2C(=O)/C(=C/c3c(C)n(CC(=O)Nc4ccc5c(c4)OCO5)c4ccccc34)SC2=S)cc1. The van der Waals surface area contributed by atoms with Crippen molar-refractivity contribution in [3.05, 3.63) is 82.9 Å². The van der Waals surface area contributed by atoms with Crippen LogP contribution in [0.25, 0.3) is 17.0 Å². The van der Waals surface area contributed by atoms with Crippen LogP contribution in [0.1, 0.15) is 18.2 Å². The average Bonchev–Trinajstić information content (AvgIpc) is 3.60. The van der Waals surface area contributed by atoms with E-state index in [0.29, 0.717) is 38.7 Å². The van der Waals surface area contributed by atoms with Crippen molar-refractivity contribution < 1.29 is 23.8 Å². The molecule has 6 rings (SSSR count). The van der Waals surface area contributed by atoms with Crippen molar-refractivity contribution in [2.24, 2.45) is 0 Å². The smallest absolute Gasteiger partial charge is 0.270 e. The second-order valence-corrected chi connectivity index (χ2v) is 10.8. The Balaban J connectivity index is 1.27. The number of para-hydroxylation sites is 1. The number of carbonyl (C=O) groups excluding carboxylic acids is 2. The molecule has 2 amide bonds. The molecule has 0 unspecified atom stereocenters. The molecule has 10 heteroatoms. The van der Waals surface area contributed by atoms with Crippen molar-refractivity contribution in [1.29, 1.82) is 0 Å². The molecule has 0 atom stereocenters. The van der Waals surface area contributed by atoms with Crippen molar-refractivity contribution in [1.82, 2.24) is 4.57 Å². The van der Waals surface area contributed by atoms with Gasteiger partial charge in [-0.2, -0.15) is 0 Å². The normalized spacial score (nSPS) is 15.3. The van der Waals surface area contributed by atoms with E-state index in [1.807, 2.05) is 73.0 Å². The maximum Gasteiger partial charge on any atom is 0.270 e. The number of thiocarbonyl (C=S) groups is 1. The molecule has 3 heterocycles. The monoisotopic (exact) mass is 571 g/mol. The minimum Gasteiger partial charge on any atom is -0.494 e. The van der Waals surface area contributed by atoms with Gasteiger partial charge in [-0.25, -0.2) is 0 Å². The van der Waals surface area contributed by atoms with E-state index in [-0.39, 0.29) is 25.2 Å². The van der Waals surface area contributed by atoms with Gasteiger partial charge >= 0.3 is 0 Å². The molecule has 1 saturated heterocycles. The first kappa shape index (κ1) is 26.0.